The predicted octanol–water partition coefficient (Wildman–Crippen LogP) is 3.85. The van der Waals surface area contributed by atoms with E-state index in [4.69, 9.17) is 4.74 Å². The first kappa shape index (κ1) is 13.6. The molecule has 1 aliphatic rings. The van der Waals surface area contributed by atoms with Gasteiger partial charge in [-0.05, 0) is 25.0 Å². The average Bonchev–Trinajstić information content (AvgIpc) is 3.16. The summed E-state index contributed by atoms with van der Waals surface area (Å²) in [6.45, 7) is 0.928. The molecule has 0 spiro atoms. The molecular weight excluding hydrogens is 268 g/mol. The lowest BCUT2D eigenvalue weighted by molar-refractivity contribution is 0.416. The maximum Gasteiger partial charge on any atom is 0.129 e. The van der Waals surface area contributed by atoms with Gasteiger partial charge in [0.15, 0.2) is 0 Å². The molecular formula is C16H20N2OS. The predicted molar refractivity (Wildman–Crippen MR) is 83.2 cm³/mol. The lowest BCUT2D eigenvalue weighted by Gasteiger charge is -2.09. The number of benzene rings is 1. The molecule has 1 heterocycles. The molecule has 0 unspecified atom stereocenters. The summed E-state index contributed by atoms with van der Waals surface area (Å²) in [6, 6.07) is 8.75. The third kappa shape index (κ3) is 3.02. The topological polar surface area (TPSA) is 34.1 Å². The molecule has 0 saturated heterocycles. The number of nitrogens with one attached hydrogen (secondary N) is 1. The van der Waals surface area contributed by atoms with Crippen molar-refractivity contribution in [2.75, 3.05) is 7.11 Å². The molecule has 0 amide bonds. The maximum absolute atomic E-state index is 5.40. The number of para-hydroxylation sites is 1. The average molecular weight is 288 g/mol. The fraction of sp³-hybridized carbons (Fsp3) is 0.438. The summed E-state index contributed by atoms with van der Waals surface area (Å²) in [5.74, 6) is 0.886. The monoisotopic (exact) mass is 288 g/mol. The zero-order chi connectivity index (χ0) is 13.8. The van der Waals surface area contributed by atoms with Crippen molar-refractivity contribution in [1.82, 2.24) is 10.3 Å². The van der Waals surface area contributed by atoms with Crippen molar-refractivity contribution in [3.8, 4) is 16.3 Å². The van der Waals surface area contributed by atoms with Crippen molar-refractivity contribution < 1.29 is 4.74 Å². The van der Waals surface area contributed by atoms with Gasteiger partial charge in [0.25, 0.3) is 0 Å². The largest absolute Gasteiger partial charge is 0.496 e. The van der Waals surface area contributed by atoms with Crippen molar-refractivity contribution in [3.63, 3.8) is 0 Å². The van der Waals surface area contributed by atoms with Crippen molar-refractivity contribution in [3.05, 3.63) is 35.3 Å². The Morgan fingerprint density at radius 3 is 2.90 bits per heavy atom. The SMILES string of the molecule is COc1ccccc1-c1ncc(CNC2CCCC2)s1. The molecule has 0 aliphatic heterocycles. The summed E-state index contributed by atoms with van der Waals surface area (Å²) in [4.78, 5) is 5.83. The van der Waals surface area contributed by atoms with E-state index in [9.17, 15) is 0 Å². The van der Waals surface area contributed by atoms with Gasteiger partial charge in [-0.25, -0.2) is 4.98 Å². The van der Waals surface area contributed by atoms with Gasteiger partial charge in [0.05, 0.1) is 12.7 Å². The standard InChI is InChI=1S/C16H20N2OS/c1-19-15-9-5-4-8-14(15)16-18-11-13(20-16)10-17-12-6-2-3-7-12/h4-5,8-9,11-12,17H,2-3,6-7,10H2,1H3. The zero-order valence-electron chi connectivity index (χ0n) is 11.8. The van der Waals surface area contributed by atoms with Crippen LogP contribution < -0.4 is 10.1 Å². The van der Waals surface area contributed by atoms with Crippen LogP contribution in [0.5, 0.6) is 5.75 Å². The van der Waals surface area contributed by atoms with Crippen LogP contribution in [0.4, 0.5) is 0 Å². The van der Waals surface area contributed by atoms with E-state index < -0.39 is 0 Å². The Morgan fingerprint density at radius 2 is 2.10 bits per heavy atom. The fourth-order valence-corrected chi connectivity index (χ4v) is 3.60. The fourth-order valence-electron chi connectivity index (χ4n) is 2.71. The Morgan fingerprint density at radius 1 is 1.30 bits per heavy atom. The molecule has 0 atom stereocenters. The first-order valence-electron chi connectivity index (χ1n) is 7.18. The number of thiazole rings is 1. The van der Waals surface area contributed by atoms with E-state index in [2.05, 4.69) is 16.4 Å². The van der Waals surface area contributed by atoms with Crippen LogP contribution in [-0.2, 0) is 6.54 Å². The molecule has 106 valence electrons. The van der Waals surface area contributed by atoms with E-state index in [0.29, 0.717) is 6.04 Å². The number of methoxy groups -OCH3 is 1. The van der Waals surface area contributed by atoms with E-state index in [0.717, 1.165) is 22.9 Å². The van der Waals surface area contributed by atoms with Crippen LogP contribution in [0.3, 0.4) is 0 Å². The van der Waals surface area contributed by atoms with Crippen molar-refractivity contribution in [2.45, 2.75) is 38.3 Å². The van der Waals surface area contributed by atoms with Crippen molar-refractivity contribution in [2.24, 2.45) is 0 Å². The maximum atomic E-state index is 5.40. The molecule has 0 bridgehead atoms. The highest BCUT2D eigenvalue weighted by molar-refractivity contribution is 7.15. The first-order chi connectivity index (χ1) is 9.86. The van der Waals surface area contributed by atoms with Crippen molar-refractivity contribution in [1.29, 1.82) is 0 Å². The number of rotatable bonds is 5. The Balaban J connectivity index is 1.69. The van der Waals surface area contributed by atoms with Gasteiger partial charge in [0.2, 0.25) is 0 Å². The van der Waals surface area contributed by atoms with Gasteiger partial charge in [0, 0.05) is 23.7 Å². The van der Waals surface area contributed by atoms with Crippen molar-refractivity contribution >= 4 is 11.3 Å². The number of nitrogens with zero attached hydrogens (tertiary/aromatic N) is 1. The Bertz CT molecular complexity index is 561. The second-order valence-electron chi connectivity index (χ2n) is 5.19. The van der Waals surface area contributed by atoms with Gasteiger partial charge >= 0.3 is 0 Å². The Hall–Kier alpha value is -1.39. The van der Waals surface area contributed by atoms with Gasteiger partial charge in [-0.1, -0.05) is 25.0 Å². The summed E-state index contributed by atoms with van der Waals surface area (Å²) in [7, 11) is 1.70. The van der Waals surface area contributed by atoms with Crippen LogP contribution in [-0.4, -0.2) is 18.1 Å². The minimum Gasteiger partial charge on any atom is -0.496 e. The van der Waals surface area contributed by atoms with E-state index in [1.54, 1.807) is 18.4 Å². The molecule has 2 aromatic rings. The molecule has 3 nitrogen and oxygen atoms in total. The number of ether oxygens (including phenoxy) is 1. The molecule has 20 heavy (non-hydrogen) atoms. The molecule has 3 rings (SSSR count). The summed E-state index contributed by atoms with van der Waals surface area (Å²) in [6.07, 6.45) is 7.35. The molecule has 1 fully saturated rings. The van der Waals surface area contributed by atoms with E-state index in [1.807, 2.05) is 24.4 Å². The molecule has 1 N–H and O–H groups in total. The zero-order valence-corrected chi connectivity index (χ0v) is 12.6. The van der Waals surface area contributed by atoms with Crippen LogP contribution in [0.1, 0.15) is 30.6 Å². The molecule has 1 aromatic carbocycles. The molecule has 0 radical (unpaired) electrons. The van der Waals surface area contributed by atoms with E-state index >= 15 is 0 Å². The third-order valence-electron chi connectivity index (χ3n) is 3.81. The highest BCUT2D eigenvalue weighted by Crippen LogP contribution is 2.32. The highest BCUT2D eigenvalue weighted by atomic mass is 32.1. The molecule has 1 saturated carbocycles. The second kappa shape index (κ2) is 6.37. The summed E-state index contributed by atoms with van der Waals surface area (Å²) >= 11 is 1.75. The molecule has 1 aromatic heterocycles. The van der Waals surface area contributed by atoms with Gasteiger partial charge in [0.1, 0.15) is 10.8 Å². The quantitative estimate of drug-likeness (QED) is 0.907. The van der Waals surface area contributed by atoms with E-state index in [-0.39, 0.29) is 0 Å². The van der Waals surface area contributed by atoms with Gasteiger partial charge in [-0.3, -0.25) is 0 Å². The Labute approximate surface area is 124 Å². The highest BCUT2D eigenvalue weighted by Gasteiger charge is 2.15. The lowest BCUT2D eigenvalue weighted by Crippen LogP contribution is -2.24. The van der Waals surface area contributed by atoms with Gasteiger partial charge in [-0.2, -0.15) is 0 Å². The summed E-state index contributed by atoms with van der Waals surface area (Å²) < 4.78 is 5.40. The second-order valence-corrected chi connectivity index (χ2v) is 6.31. The van der Waals surface area contributed by atoms with Crippen LogP contribution in [0.2, 0.25) is 0 Å². The minimum absolute atomic E-state index is 0.701. The summed E-state index contributed by atoms with van der Waals surface area (Å²) in [5.41, 5.74) is 1.08. The van der Waals surface area contributed by atoms with Gasteiger partial charge < -0.3 is 10.1 Å². The first-order valence-corrected chi connectivity index (χ1v) is 8.00. The third-order valence-corrected chi connectivity index (χ3v) is 4.84. The number of hydrogen-bond donors (Lipinski definition) is 1. The number of hydrogen-bond acceptors (Lipinski definition) is 4. The van der Waals surface area contributed by atoms with Crippen LogP contribution in [0.15, 0.2) is 30.5 Å². The van der Waals surface area contributed by atoms with Crippen LogP contribution >= 0.6 is 11.3 Å². The lowest BCUT2D eigenvalue weighted by atomic mass is 10.2. The van der Waals surface area contributed by atoms with Crippen LogP contribution in [0.25, 0.3) is 10.6 Å². The molecule has 4 heteroatoms. The summed E-state index contributed by atoms with van der Waals surface area (Å²) in [5, 5.41) is 4.66. The van der Waals surface area contributed by atoms with Gasteiger partial charge in [-0.15, -0.1) is 11.3 Å². The molecule has 1 aliphatic carbocycles. The van der Waals surface area contributed by atoms with E-state index in [1.165, 1.54) is 30.6 Å². The number of aromatic nitrogens is 1. The minimum atomic E-state index is 0.701. The van der Waals surface area contributed by atoms with Crippen LogP contribution in [0, 0.1) is 0 Å². The Kier molecular flexibility index (Phi) is 4.33. The normalized spacial score (nSPS) is 15.7. The smallest absolute Gasteiger partial charge is 0.129 e.